The normalized spacial score (nSPS) is 21.7. The van der Waals surface area contributed by atoms with Crippen LogP contribution in [0.25, 0.3) is 0 Å². The maximum atomic E-state index is 13.3. The fourth-order valence-electron chi connectivity index (χ4n) is 3.06. The van der Waals surface area contributed by atoms with E-state index < -0.39 is 50.7 Å². The molecule has 1 fully saturated rings. The number of carbonyl (C=O) groups is 1. The van der Waals surface area contributed by atoms with Crippen LogP contribution in [0.1, 0.15) is 12.5 Å². The van der Waals surface area contributed by atoms with Gasteiger partial charge in [-0.1, -0.05) is 0 Å². The molecule has 2 aromatic rings. The molecule has 29 heavy (non-hydrogen) atoms. The summed E-state index contributed by atoms with van der Waals surface area (Å²) in [5.74, 6) is -3.74. The summed E-state index contributed by atoms with van der Waals surface area (Å²) in [6.07, 6.45) is 0. The zero-order valence-corrected chi connectivity index (χ0v) is 16.1. The Morgan fingerprint density at radius 3 is 2.24 bits per heavy atom. The van der Waals surface area contributed by atoms with Crippen molar-refractivity contribution in [1.29, 1.82) is 0 Å². The Hall–Kier alpha value is -2.63. The van der Waals surface area contributed by atoms with Crippen LogP contribution in [-0.2, 0) is 21.4 Å². The van der Waals surface area contributed by atoms with E-state index in [1.165, 1.54) is 12.1 Å². The molecule has 11 heteroatoms. The maximum Gasteiger partial charge on any atom is 0.250 e. The molecule has 0 spiro atoms. The topological polar surface area (TPSA) is 99.3 Å². The highest BCUT2D eigenvalue weighted by molar-refractivity contribution is 7.93. The van der Waals surface area contributed by atoms with Gasteiger partial charge < -0.3 is 5.32 Å². The van der Waals surface area contributed by atoms with Gasteiger partial charge in [0.1, 0.15) is 17.5 Å². The van der Waals surface area contributed by atoms with Crippen molar-refractivity contribution < 1.29 is 26.4 Å². The van der Waals surface area contributed by atoms with Crippen molar-refractivity contribution in [3.63, 3.8) is 0 Å². The molecule has 0 bridgehead atoms. The van der Waals surface area contributed by atoms with Crippen molar-refractivity contribution in [3.8, 4) is 0 Å². The van der Waals surface area contributed by atoms with E-state index in [0.717, 1.165) is 24.3 Å². The molecule has 3 unspecified atom stereocenters. The lowest BCUT2D eigenvalue weighted by molar-refractivity contribution is -0.125. The number of anilines is 1. The molecule has 1 aliphatic rings. The van der Waals surface area contributed by atoms with E-state index in [4.69, 9.17) is 0 Å². The molecule has 1 heterocycles. The van der Waals surface area contributed by atoms with Crippen LogP contribution in [0.3, 0.4) is 0 Å². The van der Waals surface area contributed by atoms with Gasteiger partial charge in [-0.15, -0.1) is 0 Å². The number of nitrogens with one attached hydrogen (secondary N) is 4. The molecule has 0 aliphatic carbocycles. The van der Waals surface area contributed by atoms with Crippen molar-refractivity contribution in [2.75, 3.05) is 4.72 Å². The summed E-state index contributed by atoms with van der Waals surface area (Å²) in [5, 5.41) is 1.18. The van der Waals surface area contributed by atoms with Gasteiger partial charge in [0.2, 0.25) is 5.91 Å². The molecule has 0 radical (unpaired) electrons. The minimum Gasteiger partial charge on any atom is -0.352 e. The summed E-state index contributed by atoms with van der Waals surface area (Å²) in [6.45, 7) is 1.45. The number of halogens is 3. The number of hydrazine groups is 1. The minimum absolute atomic E-state index is 0.141. The number of hydrogen-bond acceptors (Lipinski definition) is 5. The molecule has 7 nitrogen and oxygen atoms in total. The van der Waals surface area contributed by atoms with Gasteiger partial charge in [-0.2, -0.15) is 0 Å². The van der Waals surface area contributed by atoms with Crippen LogP contribution in [0.4, 0.5) is 18.9 Å². The molecule has 0 saturated carbocycles. The maximum absolute atomic E-state index is 13.3. The first-order valence-corrected chi connectivity index (χ1v) is 10.2. The second kappa shape index (κ2) is 8.39. The Morgan fingerprint density at radius 2 is 1.62 bits per heavy atom. The van der Waals surface area contributed by atoms with Gasteiger partial charge >= 0.3 is 0 Å². The summed E-state index contributed by atoms with van der Waals surface area (Å²) in [6, 6.07) is 7.02. The predicted molar refractivity (Wildman–Crippen MR) is 100 cm³/mol. The Bertz CT molecular complexity index is 982. The van der Waals surface area contributed by atoms with Gasteiger partial charge in [0, 0.05) is 24.3 Å². The van der Waals surface area contributed by atoms with E-state index in [1.54, 1.807) is 6.92 Å². The summed E-state index contributed by atoms with van der Waals surface area (Å²) < 4.78 is 67.3. The van der Waals surface area contributed by atoms with Gasteiger partial charge in [0.25, 0.3) is 10.0 Å². The van der Waals surface area contributed by atoms with E-state index in [9.17, 15) is 26.4 Å². The monoisotopic (exact) mass is 428 g/mol. The first-order valence-electron chi connectivity index (χ1n) is 8.66. The average molecular weight is 428 g/mol. The van der Waals surface area contributed by atoms with Crippen LogP contribution in [-0.4, -0.2) is 25.7 Å². The number of benzene rings is 2. The fourth-order valence-corrected chi connectivity index (χ4v) is 4.62. The molecule has 0 aromatic heterocycles. The molecule has 156 valence electrons. The van der Waals surface area contributed by atoms with Gasteiger partial charge in [-0.25, -0.2) is 27.0 Å². The van der Waals surface area contributed by atoms with Gasteiger partial charge in [0.05, 0.1) is 5.92 Å². The third-order valence-electron chi connectivity index (χ3n) is 4.45. The van der Waals surface area contributed by atoms with Crippen molar-refractivity contribution in [2.24, 2.45) is 5.92 Å². The Kier molecular flexibility index (Phi) is 6.10. The van der Waals surface area contributed by atoms with Crippen LogP contribution >= 0.6 is 0 Å². The summed E-state index contributed by atoms with van der Waals surface area (Å²) >= 11 is 0. The largest absolute Gasteiger partial charge is 0.352 e. The first kappa shape index (κ1) is 21.1. The molecule has 2 aromatic carbocycles. The van der Waals surface area contributed by atoms with Gasteiger partial charge in [-0.3, -0.25) is 14.9 Å². The fraction of sp³-hybridized carbons (Fsp3) is 0.278. The van der Waals surface area contributed by atoms with E-state index in [2.05, 4.69) is 20.9 Å². The van der Waals surface area contributed by atoms with Crippen molar-refractivity contribution in [2.45, 2.75) is 24.9 Å². The van der Waals surface area contributed by atoms with E-state index in [1.807, 2.05) is 0 Å². The minimum atomic E-state index is -4.08. The number of hydrogen-bond donors (Lipinski definition) is 4. The summed E-state index contributed by atoms with van der Waals surface area (Å²) in [5.41, 5.74) is 5.62. The number of sulfonamides is 1. The molecule has 1 saturated heterocycles. The van der Waals surface area contributed by atoms with Crippen LogP contribution in [0.5, 0.6) is 0 Å². The Balaban J connectivity index is 1.72. The van der Waals surface area contributed by atoms with E-state index >= 15 is 0 Å². The number of carbonyl (C=O) groups excluding carboxylic acids is 1. The van der Waals surface area contributed by atoms with Crippen molar-refractivity contribution >= 4 is 21.6 Å². The average Bonchev–Trinajstić information content (AvgIpc) is 3.03. The van der Waals surface area contributed by atoms with Gasteiger partial charge in [-0.05, 0) is 48.9 Å². The smallest absolute Gasteiger partial charge is 0.250 e. The highest BCUT2D eigenvalue weighted by Gasteiger charge is 2.46. The second-order valence-corrected chi connectivity index (χ2v) is 8.48. The molecule has 1 aliphatic heterocycles. The zero-order valence-electron chi connectivity index (χ0n) is 15.2. The number of rotatable bonds is 6. The van der Waals surface area contributed by atoms with Crippen LogP contribution in [0, 0.1) is 23.4 Å². The van der Waals surface area contributed by atoms with Crippen LogP contribution in [0.2, 0.25) is 0 Å². The SMILES string of the molecule is CC1NNC(S(=O)(=O)Nc2ccc(F)cc2)C1C(=O)NCc1cc(F)cc(F)c1. The Labute approximate surface area is 165 Å². The predicted octanol–water partition coefficient (Wildman–Crippen LogP) is 1.60. The molecule has 3 atom stereocenters. The van der Waals surface area contributed by atoms with Crippen molar-refractivity contribution in [3.05, 3.63) is 65.5 Å². The highest BCUT2D eigenvalue weighted by atomic mass is 32.2. The first-order chi connectivity index (χ1) is 13.7. The van der Waals surface area contributed by atoms with Crippen LogP contribution < -0.4 is 20.9 Å². The summed E-state index contributed by atoms with van der Waals surface area (Å²) in [4.78, 5) is 12.6. The van der Waals surface area contributed by atoms with E-state index in [-0.39, 0.29) is 17.8 Å². The zero-order chi connectivity index (χ0) is 21.2. The lowest BCUT2D eigenvalue weighted by Crippen LogP contribution is -2.47. The lowest BCUT2D eigenvalue weighted by atomic mass is 10.0. The second-order valence-electron chi connectivity index (χ2n) is 6.67. The molecular weight excluding hydrogens is 409 g/mol. The summed E-state index contributed by atoms with van der Waals surface area (Å²) in [7, 11) is -4.08. The van der Waals surface area contributed by atoms with E-state index in [0.29, 0.717) is 6.07 Å². The molecule has 4 N–H and O–H groups in total. The molecule has 3 rings (SSSR count). The number of amides is 1. The quantitative estimate of drug-likeness (QED) is 0.560. The highest BCUT2D eigenvalue weighted by Crippen LogP contribution is 2.22. The Morgan fingerprint density at radius 1 is 1.00 bits per heavy atom. The standard InChI is InChI=1S/C18H19F3N4O3S/c1-10-16(17(26)22-9-11-6-13(20)8-14(21)7-11)18(24-23-10)29(27,28)25-15-4-2-12(19)3-5-15/h2-8,10,16,18,23-25H,9H2,1H3,(H,22,26). The third-order valence-corrected chi connectivity index (χ3v) is 6.05. The van der Waals surface area contributed by atoms with Crippen LogP contribution in [0.15, 0.2) is 42.5 Å². The lowest BCUT2D eigenvalue weighted by Gasteiger charge is -2.21. The third kappa shape index (κ3) is 5.05. The molecule has 1 amide bonds. The van der Waals surface area contributed by atoms with Gasteiger partial charge in [0.15, 0.2) is 5.37 Å². The van der Waals surface area contributed by atoms with Crippen molar-refractivity contribution in [1.82, 2.24) is 16.2 Å². The molecular formula is C18H19F3N4O3S.